The molecule has 2 atom stereocenters. The van der Waals surface area contributed by atoms with Crippen LogP contribution in [-0.4, -0.2) is 37.0 Å². The Kier molecular flexibility index (Phi) is 6.73. The van der Waals surface area contributed by atoms with E-state index in [1.807, 2.05) is 26.0 Å². The number of methoxy groups -OCH3 is 1. The maximum atomic E-state index is 5.26. The molecule has 1 rings (SSSR count). The van der Waals surface area contributed by atoms with E-state index in [0.717, 1.165) is 17.2 Å². The standard InChI is InChI=1S/C18H26N2O/c1-7-9-10-12-14(3)18-19-16(13-15(4)21-6)17(11-8-2)20(18)5/h7-13,16-17H,1H2,2-6H3/b10-9-,11-8-,14-12-,15-13+. The Morgan fingerprint density at radius 3 is 2.62 bits per heavy atom. The van der Waals surface area contributed by atoms with E-state index in [1.54, 1.807) is 13.2 Å². The molecule has 0 fully saturated rings. The number of amidine groups is 1. The lowest BCUT2D eigenvalue weighted by molar-refractivity contribution is 0.289. The van der Waals surface area contributed by atoms with E-state index in [0.29, 0.717) is 0 Å². The van der Waals surface area contributed by atoms with Gasteiger partial charge in [0.2, 0.25) is 0 Å². The van der Waals surface area contributed by atoms with Gasteiger partial charge in [-0.05, 0) is 32.4 Å². The fourth-order valence-corrected chi connectivity index (χ4v) is 2.30. The Labute approximate surface area is 128 Å². The quantitative estimate of drug-likeness (QED) is 0.420. The molecular formula is C18H26N2O. The maximum absolute atomic E-state index is 5.26. The van der Waals surface area contributed by atoms with Crippen LogP contribution in [0.25, 0.3) is 0 Å². The lowest BCUT2D eigenvalue weighted by Crippen LogP contribution is -2.35. The highest BCUT2D eigenvalue weighted by Crippen LogP contribution is 2.23. The molecule has 3 heteroatoms. The van der Waals surface area contributed by atoms with Crippen LogP contribution in [0.5, 0.6) is 0 Å². The predicted octanol–water partition coefficient (Wildman–Crippen LogP) is 3.88. The number of likely N-dealkylation sites (N-methyl/N-ethyl adjacent to an activating group) is 1. The van der Waals surface area contributed by atoms with Gasteiger partial charge in [-0.25, -0.2) is 0 Å². The van der Waals surface area contributed by atoms with Crippen molar-refractivity contribution in [1.29, 1.82) is 0 Å². The van der Waals surface area contributed by atoms with Crippen molar-refractivity contribution >= 4 is 5.84 Å². The zero-order chi connectivity index (χ0) is 15.8. The fraction of sp³-hybridized carbons (Fsp3) is 0.389. The molecule has 0 amide bonds. The second-order valence-electron chi connectivity index (χ2n) is 5.02. The van der Waals surface area contributed by atoms with E-state index in [4.69, 9.17) is 9.73 Å². The molecule has 2 unspecified atom stereocenters. The summed E-state index contributed by atoms with van der Waals surface area (Å²) >= 11 is 0. The van der Waals surface area contributed by atoms with Crippen LogP contribution >= 0.6 is 0 Å². The molecule has 0 aromatic heterocycles. The van der Waals surface area contributed by atoms with Gasteiger partial charge >= 0.3 is 0 Å². The summed E-state index contributed by atoms with van der Waals surface area (Å²) in [6.45, 7) is 9.73. The summed E-state index contributed by atoms with van der Waals surface area (Å²) in [6.07, 6.45) is 14.0. The number of hydrogen-bond acceptors (Lipinski definition) is 3. The molecule has 3 nitrogen and oxygen atoms in total. The predicted molar refractivity (Wildman–Crippen MR) is 91.4 cm³/mol. The first-order valence-corrected chi connectivity index (χ1v) is 7.17. The third kappa shape index (κ3) is 4.48. The summed E-state index contributed by atoms with van der Waals surface area (Å²) in [5.74, 6) is 1.90. The van der Waals surface area contributed by atoms with Crippen molar-refractivity contribution in [3.63, 3.8) is 0 Å². The van der Waals surface area contributed by atoms with Crippen LogP contribution in [-0.2, 0) is 4.74 Å². The molecule has 1 aliphatic heterocycles. The van der Waals surface area contributed by atoms with E-state index in [2.05, 4.69) is 49.8 Å². The molecule has 0 saturated heterocycles. The van der Waals surface area contributed by atoms with Crippen LogP contribution in [0.1, 0.15) is 20.8 Å². The van der Waals surface area contributed by atoms with Gasteiger partial charge in [0.15, 0.2) is 0 Å². The smallest absolute Gasteiger partial charge is 0.127 e. The first kappa shape index (κ1) is 17.0. The Balaban J connectivity index is 3.09. The van der Waals surface area contributed by atoms with Crippen LogP contribution in [0.2, 0.25) is 0 Å². The molecule has 1 heterocycles. The SMILES string of the molecule is C=C/C=C\C=C(\C)C1=NC(/C=C(\C)OC)C(/C=C\C)N1C. The highest BCUT2D eigenvalue weighted by atomic mass is 16.5. The van der Waals surface area contributed by atoms with Gasteiger partial charge in [0.05, 0.1) is 25.0 Å². The zero-order valence-corrected chi connectivity index (χ0v) is 13.7. The number of hydrogen-bond donors (Lipinski definition) is 0. The van der Waals surface area contributed by atoms with Crippen LogP contribution in [0, 0.1) is 0 Å². The highest BCUT2D eigenvalue weighted by Gasteiger charge is 2.31. The van der Waals surface area contributed by atoms with Crippen LogP contribution < -0.4 is 0 Å². The minimum Gasteiger partial charge on any atom is -0.502 e. The molecule has 0 N–H and O–H groups in total. The van der Waals surface area contributed by atoms with Crippen LogP contribution in [0.3, 0.4) is 0 Å². The summed E-state index contributed by atoms with van der Waals surface area (Å²) in [7, 11) is 3.76. The summed E-state index contributed by atoms with van der Waals surface area (Å²) in [5, 5.41) is 0. The lowest BCUT2D eigenvalue weighted by Gasteiger charge is -2.23. The molecule has 1 aliphatic rings. The van der Waals surface area contributed by atoms with Crippen molar-refractivity contribution in [3.05, 3.63) is 60.4 Å². The molecule has 0 aromatic carbocycles. The van der Waals surface area contributed by atoms with Crippen molar-refractivity contribution in [2.45, 2.75) is 32.9 Å². The Hall–Kier alpha value is -2.03. The fourth-order valence-electron chi connectivity index (χ4n) is 2.30. The zero-order valence-electron chi connectivity index (χ0n) is 13.7. The highest BCUT2D eigenvalue weighted by molar-refractivity contribution is 5.99. The van der Waals surface area contributed by atoms with Crippen LogP contribution in [0.15, 0.2) is 65.4 Å². The maximum Gasteiger partial charge on any atom is 0.127 e. The van der Waals surface area contributed by atoms with Crippen molar-refractivity contribution < 1.29 is 4.74 Å². The van der Waals surface area contributed by atoms with Gasteiger partial charge < -0.3 is 9.64 Å². The van der Waals surface area contributed by atoms with E-state index < -0.39 is 0 Å². The van der Waals surface area contributed by atoms with E-state index in [9.17, 15) is 0 Å². The number of nitrogens with zero attached hydrogens (tertiary/aromatic N) is 2. The van der Waals surface area contributed by atoms with Gasteiger partial charge in [-0.15, -0.1) is 0 Å². The minimum atomic E-state index is 0.0767. The summed E-state index contributed by atoms with van der Waals surface area (Å²) in [4.78, 5) is 7.05. The largest absolute Gasteiger partial charge is 0.502 e. The molecule has 21 heavy (non-hydrogen) atoms. The van der Waals surface area contributed by atoms with Gasteiger partial charge in [-0.3, -0.25) is 4.99 Å². The average molecular weight is 286 g/mol. The van der Waals surface area contributed by atoms with E-state index in [-0.39, 0.29) is 12.1 Å². The van der Waals surface area contributed by atoms with E-state index in [1.165, 1.54) is 0 Å². The molecule has 114 valence electrons. The number of rotatable bonds is 6. The summed E-state index contributed by atoms with van der Waals surface area (Å²) in [5.41, 5.74) is 1.14. The van der Waals surface area contributed by atoms with Gasteiger partial charge in [-0.1, -0.05) is 43.0 Å². The monoisotopic (exact) mass is 286 g/mol. The molecule has 0 aliphatic carbocycles. The van der Waals surface area contributed by atoms with Crippen molar-refractivity contribution in [1.82, 2.24) is 4.90 Å². The van der Waals surface area contributed by atoms with Gasteiger partial charge in [0, 0.05) is 7.05 Å². The van der Waals surface area contributed by atoms with Crippen molar-refractivity contribution in [2.75, 3.05) is 14.2 Å². The first-order chi connectivity index (χ1) is 10.0. The third-order valence-electron chi connectivity index (χ3n) is 3.47. The van der Waals surface area contributed by atoms with Crippen molar-refractivity contribution in [2.24, 2.45) is 4.99 Å². The Morgan fingerprint density at radius 1 is 1.33 bits per heavy atom. The topological polar surface area (TPSA) is 24.8 Å². The summed E-state index contributed by atoms with van der Waals surface area (Å²) < 4.78 is 5.26. The second-order valence-corrected chi connectivity index (χ2v) is 5.02. The lowest BCUT2D eigenvalue weighted by atomic mass is 10.1. The molecule has 0 radical (unpaired) electrons. The molecule has 0 saturated carbocycles. The number of aliphatic imine (C=N–C) groups is 1. The number of ether oxygens (including phenoxy) is 1. The van der Waals surface area contributed by atoms with Crippen LogP contribution in [0.4, 0.5) is 0 Å². The molecule has 0 aromatic rings. The van der Waals surface area contributed by atoms with Gasteiger partial charge in [0.1, 0.15) is 5.84 Å². The molecule has 0 spiro atoms. The average Bonchev–Trinajstić information content (AvgIpc) is 2.77. The minimum absolute atomic E-state index is 0.0767. The molecular weight excluding hydrogens is 260 g/mol. The number of allylic oxidation sites excluding steroid dienone is 6. The normalized spacial score (nSPS) is 24.0. The van der Waals surface area contributed by atoms with Gasteiger partial charge in [-0.2, -0.15) is 0 Å². The first-order valence-electron chi connectivity index (χ1n) is 7.17. The van der Waals surface area contributed by atoms with Gasteiger partial charge in [0.25, 0.3) is 0 Å². The Bertz CT molecular complexity index is 509. The third-order valence-corrected chi connectivity index (χ3v) is 3.47. The van der Waals surface area contributed by atoms with Crippen molar-refractivity contribution in [3.8, 4) is 0 Å². The Morgan fingerprint density at radius 2 is 2.05 bits per heavy atom. The van der Waals surface area contributed by atoms with E-state index >= 15 is 0 Å². The summed E-state index contributed by atoms with van der Waals surface area (Å²) in [6, 6.07) is 0.301. The second kappa shape index (κ2) is 8.30. The molecule has 0 bridgehead atoms.